The third-order valence-electron chi connectivity index (χ3n) is 2.75. The van der Waals surface area contributed by atoms with E-state index in [-0.39, 0.29) is 17.9 Å². The Morgan fingerprint density at radius 3 is 2.80 bits per heavy atom. The molecule has 0 radical (unpaired) electrons. The van der Waals surface area contributed by atoms with Gasteiger partial charge < -0.3 is 5.11 Å². The van der Waals surface area contributed by atoms with E-state index in [1.165, 1.54) is 10.7 Å². The van der Waals surface area contributed by atoms with Crippen LogP contribution in [0.25, 0.3) is 0 Å². The number of aromatic carboxylic acids is 1. The molecular formula is C11H9BrN4O4. The lowest BCUT2D eigenvalue weighted by Gasteiger charge is -2.05. The second kappa shape index (κ2) is 5.37. The van der Waals surface area contributed by atoms with Crippen LogP contribution < -0.4 is 0 Å². The summed E-state index contributed by atoms with van der Waals surface area (Å²) in [7, 11) is 0. The van der Waals surface area contributed by atoms with Gasteiger partial charge in [0.25, 0.3) is 5.69 Å². The Bertz CT molecular complexity index is 698. The molecular weight excluding hydrogens is 332 g/mol. The summed E-state index contributed by atoms with van der Waals surface area (Å²) in [5.41, 5.74) is 0.536. The van der Waals surface area contributed by atoms with Gasteiger partial charge >= 0.3 is 5.97 Å². The van der Waals surface area contributed by atoms with Gasteiger partial charge in [0.05, 0.1) is 22.7 Å². The minimum absolute atomic E-state index is 0.0637. The number of hydrogen-bond acceptors (Lipinski definition) is 5. The average Bonchev–Trinajstić information content (AvgIpc) is 2.73. The van der Waals surface area contributed by atoms with Gasteiger partial charge in [0.2, 0.25) is 0 Å². The zero-order valence-electron chi connectivity index (χ0n) is 10.3. The normalized spacial score (nSPS) is 10.5. The fourth-order valence-electron chi connectivity index (χ4n) is 1.71. The number of carboxylic acid groups (broad SMARTS) is 1. The maximum Gasteiger partial charge on any atom is 0.358 e. The zero-order chi connectivity index (χ0) is 14.9. The summed E-state index contributed by atoms with van der Waals surface area (Å²) in [4.78, 5) is 21.4. The van der Waals surface area contributed by atoms with Crippen molar-refractivity contribution in [3.8, 4) is 0 Å². The first kappa shape index (κ1) is 14.1. The summed E-state index contributed by atoms with van der Waals surface area (Å²) in [6, 6.07) is 4.65. The molecule has 9 heteroatoms. The zero-order valence-corrected chi connectivity index (χ0v) is 11.9. The molecule has 0 bridgehead atoms. The van der Waals surface area contributed by atoms with Crippen LogP contribution in [0, 0.1) is 17.0 Å². The molecule has 0 aliphatic carbocycles. The van der Waals surface area contributed by atoms with Gasteiger partial charge in [-0.05, 0) is 19.1 Å². The van der Waals surface area contributed by atoms with Crippen LogP contribution >= 0.6 is 15.9 Å². The van der Waals surface area contributed by atoms with Crippen molar-refractivity contribution in [2.75, 3.05) is 0 Å². The number of carboxylic acids is 1. The Morgan fingerprint density at radius 1 is 1.55 bits per heavy atom. The minimum Gasteiger partial charge on any atom is -0.476 e. The van der Waals surface area contributed by atoms with Gasteiger partial charge in [-0.15, -0.1) is 5.10 Å². The van der Waals surface area contributed by atoms with Gasteiger partial charge in [0, 0.05) is 10.5 Å². The van der Waals surface area contributed by atoms with Crippen LogP contribution in [0.3, 0.4) is 0 Å². The van der Waals surface area contributed by atoms with Crippen molar-refractivity contribution < 1.29 is 14.8 Å². The molecule has 1 N–H and O–H groups in total. The Hall–Kier alpha value is -2.29. The summed E-state index contributed by atoms with van der Waals surface area (Å²) < 4.78 is 1.91. The third-order valence-corrected chi connectivity index (χ3v) is 3.24. The molecule has 0 aliphatic heterocycles. The molecule has 0 saturated carbocycles. The lowest BCUT2D eigenvalue weighted by molar-refractivity contribution is -0.385. The van der Waals surface area contributed by atoms with Crippen molar-refractivity contribution in [2.24, 2.45) is 0 Å². The SMILES string of the molecule is Cc1c(C(=O)O)nnn1Cc1ccc(Br)cc1[N+](=O)[O-]. The van der Waals surface area contributed by atoms with E-state index in [4.69, 9.17) is 5.11 Å². The molecule has 0 fully saturated rings. The summed E-state index contributed by atoms with van der Waals surface area (Å²) in [5.74, 6) is -1.18. The molecule has 0 amide bonds. The van der Waals surface area contributed by atoms with E-state index >= 15 is 0 Å². The predicted octanol–water partition coefficient (Wildman–Crippen LogP) is 2.00. The maximum atomic E-state index is 11.0. The highest BCUT2D eigenvalue weighted by Gasteiger charge is 2.19. The monoisotopic (exact) mass is 340 g/mol. The van der Waals surface area contributed by atoms with Crippen LogP contribution in [0.4, 0.5) is 5.69 Å². The number of nitro groups is 1. The number of aromatic nitrogens is 3. The molecule has 1 aromatic carbocycles. The first-order valence-corrected chi connectivity index (χ1v) is 6.25. The number of rotatable bonds is 4. The second-order valence-corrected chi connectivity index (χ2v) is 4.93. The van der Waals surface area contributed by atoms with Gasteiger partial charge in [-0.3, -0.25) is 10.1 Å². The molecule has 0 unspecified atom stereocenters. The fraction of sp³-hybridized carbons (Fsp3) is 0.182. The molecule has 1 aromatic heterocycles. The van der Waals surface area contributed by atoms with Crippen molar-refractivity contribution in [3.05, 3.63) is 49.7 Å². The van der Waals surface area contributed by atoms with Gasteiger partial charge in [0.15, 0.2) is 5.69 Å². The van der Waals surface area contributed by atoms with Crippen molar-refractivity contribution in [2.45, 2.75) is 13.5 Å². The van der Waals surface area contributed by atoms with E-state index in [0.717, 1.165) is 0 Å². The van der Waals surface area contributed by atoms with Crippen molar-refractivity contribution in [1.29, 1.82) is 0 Å². The summed E-state index contributed by atoms with van der Waals surface area (Å²) in [5, 5.41) is 27.1. The lowest BCUT2D eigenvalue weighted by atomic mass is 10.2. The van der Waals surface area contributed by atoms with E-state index in [0.29, 0.717) is 15.7 Å². The number of carbonyl (C=O) groups is 1. The molecule has 1 heterocycles. The van der Waals surface area contributed by atoms with E-state index in [2.05, 4.69) is 26.2 Å². The quantitative estimate of drug-likeness (QED) is 0.673. The fourth-order valence-corrected chi connectivity index (χ4v) is 2.06. The first-order valence-electron chi connectivity index (χ1n) is 5.46. The van der Waals surface area contributed by atoms with Crippen molar-refractivity contribution in [3.63, 3.8) is 0 Å². The smallest absolute Gasteiger partial charge is 0.358 e. The van der Waals surface area contributed by atoms with E-state index in [1.54, 1.807) is 19.1 Å². The van der Waals surface area contributed by atoms with Crippen LogP contribution in [-0.2, 0) is 6.54 Å². The first-order chi connectivity index (χ1) is 9.40. The molecule has 0 aliphatic rings. The van der Waals surface area contributed by atoms with Gasteiger partial charge in [-0.1, -0.05) is 21.1 Å². The summed E-state index contributed by atoms with van der Waals surface area (Å²) in [6.45, 7) is 1.63. The van der Waals surface area contributed by atoms with E-state index in [9.17, 15) is 14.9 Å². The molecule has 0 atom stereocenters. The Morgan fingerprint density at radius 2 is 2.25 bits per heavy atom. The van der Waals surface area contributed by atoms with Crippen LogP contribution in [0.1, 0.15) is 21.7 Å². The van der Waals surface area contributed by atoms with Gasteiger partial charge in [0.1, 0.15) is 0 Å². The maximum absolute atomic E-state index is 11.0. The van der Waals surface area contributed by atoms with E-state index < -0.39 is 10.9 Å². The van der Waals surface area contributed by atoms with E-state index in [1.807, 2.05) is 0 Å². The Labute approximate surface area is 121 Å². The van der Waals surface area contributed by atoms with Crippen molar-refractivity contribution >= 4 is 27.6 Å². The standard InChI is InChI=1S/C11H9BrN4O4/c1-6-10(11(17)18)13-14-15(6)5-7-2-3-8(12)4-9(7)16(19)20/h2-4H,5H2,1H3,(H,17,18). The van der Waals surface area contributed by atoms with Crippen LogP contribution in [0.15, 0.2) is 22.7 Å². The predicted molar refractivity (Wildman–Crippen MR) is 71.6 cm³/mol. The molecule has 8 nitrogen and oxygen atoms in total. The van der Waals surface area contributed by atoms with Gasteiger partial charge in [-0.25, -0.2) is 9.48 Å². The minimum atomic E-state index is -1.18. The number of nitrogens with zero attached hydrogens (tertiary/aromatic N) is 4. The van der Waals surface area contributed by atoms with Gasteiger partial charge in [-0.2, -0.15) is 0 Å². The highest BCUT2D eigenvalue weighted by molar-refractivity contribution is 9.10. The molecule has 20 heavy (non-hydrogen) atoms. The third kappa shape index (κ3) is 2.67. The summed E-state index contributed by atoms with van der Waals surface area (Å²) >= 11 is 3.17. The molecule has 2 rings (SSSR count). The number of hydrogen-bond donors (Lipinski definition) is 1. The number of halogens is 1. The van der Waals surface area contributed by atoms with Crippen LogP contribution in [-0.4, -0.2) is 31.0 Å². The summed E-state index contributed by atoms with van der Waals surface area (Å²) in [6.07, 6.45) is 0. The highest BCUT2D eigenvalue weighted by atomic mass is 79.9. The lowest BCUT2D eigenvalue weighted by Crippen LogP contribution is -2.07. The second-order valence-electron chi connectivity index (χ2n) is 4.02. The topological polar surface area (TPSA) is 111 Å². The van der Waals surface area contributed by atoms with Crippen LogP contribution in [0.5, 0.6) is 0 Å². The Kier molecular flexibility index (Phi) is 3.79. The number of nitro benzene ring substituents is 1. The number of benzene rings is 1. The Balaban J connectivity index is 2.40. The highest BCUT2D eigenvalue weighted by Crippen LogP contribution is 2.24. The average molecular weight is 341 g/mol. The van der Waals surface area contributed by atoms with Crippen LogP contribution in [0.2, 0.25) is 0 Å². The molecule has 2 aromatic rings. The molecule has 0 spiro atoms. The van der Waals surface area contributed by atoms with Crippen molar-refractivity contribution in [1.82, 2.24) is 15.0 Å². The molecule has 104 valence electrons. The largest absolute Gasteiger partial charge is 0.476 e. The molecule has 0 saturated heterocycles.